The second kappa shape index (κ2) is 7.76. The van der Waals surface area contributed by atoms with Crippen LogP contribution in [0.15, 0.2) is 79.1 Å². The van der Waals surface area contributed by atoms with Crippen LogP contribution in [0.5, 0.6) is 0 Å². The fourth-order valence-corrected chi connectivity index (χ4v) is 3.29. The predicted molar refractivity (Wildman–Crippen MR) is 95.3 cm³/mol. The average molecular weight is 422 g/mol. The number of ketones is 3. The van der Waals surface area contributed by atoms with Gasteiger partial charge in [-0.3, -0.25) is 14.4 Å². The summed E-state index contributed by atoms with van der Waals surface area (Å²) in [5.41, 5.74) is 2.28. The summed E-state index contributed by atoms with van der Waals surface area (Å²) in [6.07, 6.45) is 3.47. The zero-order valence-corrected chi connectivity index (χ0v) is 15.9. The molecular weight excluding hydrogens is 406 g/mol. The van der Waals surface area contributed by atoms with Crippen molar-refractivity contribution >= 4 is 17.3 Å². The van der Waals surface area contributed by atoms with E-state index in [2.05, 4.69) is 0 Å². The summed E-state index contributed by atoms with van der Waals surface area (Å²) >= 11 is 0. The number of fused-ring (bicyclic) bond motifs is 1. The van der Waals surface area contributed by atoms with Gasteiger partial charge in [0, 0.05) is 28.8 Å². The lowest BCUT2D eigenvalue weighted by Crippen LogP contribution is -3.00. The highest BCUT2D eigenvalue weighted by Gasteiger charge is 2.39. The fraction of sp³-hybridized carbons (Fsp3) is 0.0909. The number of pyridine rings is 1. The molecule has 0 saturated carbocycles. The topological polar surface area (TPSA) is 55.1 Å². The normalized spacial score (nSPS) is 13.2. The minimum Gasteiger partial charge on any atom is -1.00 e. The number of carbonyl (C=O) groups is 3. The number of hydrogen-bond donors (Lipinski definition) is 0. The maximum absolute atomic E-state index is 12.6. The molecule has 4 rings (SSSR count). The first-order valence-corrected chi connectivity index (χ1v) is 8.40. The van der Waals surface area contributed by atoms with Gasteiger partial charge in [0.2, 0.25) is 12.3 Å². The molecule has 0 saturated heterocycles. The molecule has 0 spiro atoms. The van der Waals surface area contributed by atoms with E-state index < -0.39 is 5.92 Å². The molecule has 0 unspecified atom stereocenters. The maximum Gasteiger partial charge on any atom is 0.227 e. The molecule has 3 aromatic rings. The number of nitrogens with zero attached hydrogens (tertiary/aromatic N) is 1. The van der Waals surface area contributed by atoms with Crippen LogP contribution in [0, 0.1) is 0 Å². The molecule has 0 radical (unpaired) electrons. The van der Waals surface area contributed by atoms with Crippen molar-refractivity contribution in [3.05, 3.63) is 101 Å². The van der Waals surface area contributed by atoms with Gasteiger partial charge in [0.05, 0.1) is 0 Å². The van der Waals surface area contributed by atoms with E-state index in [-0.39, 0.29) is 40.9 Å². The van der Waals surface area contributed by atoms with Crippen LogP contribution >= 0.6 is 0 Å². The Hall–Kier alpha value is -2.92. The van der Waals surface area contributed by atoms with Crippen LogP contribution in [0.2, 0.25) is 0 Å². The molecule has 27 heavy (non-hydrogen) atoms. The van der Waals surface area contributed by atoms with E-state index in [1.165, 1.54) is 0 Å². The van der Waals surface area contributed by atoms with Crippen LogP contribution in [0.3, 0.4) is 0 Å². The monoisotopic (exact) mass is 421 g/mol. The van der Waals surface area contributed by atoms with Crippen LogP contribution in [0.25, 0.3) is 0 Å². The summed E-state index contributed by atoms with van der Waals surface area (Å²) in [5, 5.41) is 0. The molecule has 0 aliphatic heterocycles. The highest BCUT2D eigenvalue weighted by atomic mass is 79.9. The van der Waals surface area contributed by atoms with Gasteiger partial charge in [-0.1, -0.05) is 54.6 Å². The molecule has 134 valence electrons. The van der Waals surface area contributed by atoms with Gasteiger partial charge in [0.25, 0.3) is 0 Å². The summed E-state index contributed by atoms with van der Waals surface area (Å²) in [4.78, 5) is 37.4. The Labute approximate surface area is 167 Å². The molecule has 0 N–H and O–H groups in total. The summed E-state index contributed by atoms with van der Waals surface area (Å²) in [5.74, 6) is -1.11. The van der Waals surface area contributed by atoms with Crippen LogP contribution < -0.4 is 21.5 Å². The van der Waals surface area contributed by atoms with Crippen molar-refractivity contribution in [3.63, 3.8) is 0 Å². The van der Waals surface area contributed by atoms with E-state index in [0.29, 0.717) is 22.3 Å². The van der Waals surface area contributed by atoms with E-state index in [9.17, 15) is 14.4 Å². The SMILES string of the molecule is O=C(C[n+]1ccc(C2C(=O)c3ccccc3C2=O)cc1)c1ccccc1.[Br-]. The van der Waals surface area contributed by atoms with E-state index in [4.69, 9.17) is 0 Å². The Morgan fingerprint density at radius 2 is 1.30 bits per heavy atom. The number of aromatic nitrogens is 1. The molecule has 5 heteroatoms. The van der Waals surface area contributed by atoms with Crippen LogP contribution in [-0.2, 0) is 6.54 Å². The molecule has 0 amide bonds. The highest BCUT2D eigenvalue weighted by Crippen LogP contribution is 2.33. The van der Waals surface area contributed by atoms with Crippen molar-refractivity contribution in [2.45, 2.75) is 12.5 Å². The number of hydrogen-bond acceptors (Lipinski definition) is 3. The molecule has 0 fully saturated rings. The number of benzene rings is 2. The first-order chi connectivity index (χ1) is 12.6. The van der Waals surface area contributed by atoms with E-state index in [1.54, 1.807) is 65.5 Å². The van der Waals surface area contributed by atoms with Gasteiger partial charge >= 0.3 is 0 Å². The van der Waals surface area contributed by atoms with E-state index in [1.807, 2.05) is 18.2 Å². The van der Waals surface area contributed by atoms with Gasteiger partial charge in [0.15, 0.2) is 24.0 Å². The molecular formula is C22H16BrNO3. The third-order valence-corrected chi connectivity index (χ3v) is 4.65. The number of rotatable bonds is 4. The number of Topliss-reactive ketones (excluding diaryl/α,β-unsaturated/α-hetero) is 3. The lowest BCUT2D eigenvalue weighted by atomic mass is 9.95. The molecule has 0 atom stereocenters. The van der Waals surface area contributed by atoms with Gasteiger partial charge in [-0.15, -0.1) is 0 Å². The van der Waals surface area contributed by atoms with Crippen LogP contribution in [0.1, 0.15) is 42.6 Å². The first-order valence-electron chi connectivity index (χ1n) is 8.40. The molecule has 0 bridgehead atoms. The molecule has 4 nitrogen and oxygen atoms in total. The summed E-state index contributed by atoms with van der Waals surface area (Å²) in [6.45, 7) is 0.205. The zero-order valence-electron chi connectivity index (χ0n) is 14.3. The van der Waals surface area contributed by atoms with Crippen molar-refractivity contribution < 1.29 is 35.9 Å². The fourth-order valence-electron chi connectivity index (χ4n) is 3.29. The largest absolute Gasteiger partial charge is 1.00 e. The Bertz CT molecular complexity index is 978. The lowest BCUT2D eigenvalue weighted by Gasteiger charge is -2.06. The standard InChI is InChI=1S/C22H16NO3.BrH/c24-19(15-6-2-1-3-7-15)14-23-12-10-16(11-13-23)20-21(25)17-8-4-5-9-18(17)22(20)26;/h1-13,20H,14H2;1H/q+1;/p-1. The number of halogens is 1. The van der Waals surface area contributed by atoms with Gasteiger partial charge < -0.3 is 17.0 Å². The maximum atomic E-state index is 12.6. The Morgan fingerprint density at radius 3 is 1.85 bits per heavy atom. The second-order valence-corrected chi connectivity index (χ2v) is 6.30. The highest BCUT2D eigenvalue weighted by molar-refractivity contribution is 6.29. The average Bonchev–Trinajstić information content (AvgIpc) is 2.94. The number of carbonyl (C=O) groups excluding carboxylic acids is 3. The third kappa shape index (κ3) is 3.51. The van der Waals surface area contributed by atoms with Crippen molar-refractivity contribution in [3.8, 4) is 0 Å². The Morgan fingerprint density at radius 1 is 0.778 bits per heavy atom. The van der Waals surface area contributed by atoms with Gasteiger partial charge in [-0.25, -0.2) is 0 Å². The minimum atomic E-state index is -0.785. The van der Waals surface area contributed by atoms with E-state index >= 15 is 0 Å². The van der Waals surface area contributed by atoms with Crippen molar-refractivity contribution in [1.82, 2.24) is 0 Å². The van der Waals surface area contributed by atoms with E-state index in [0.717, 1.165) is 0 Å². The summed E-state index contributed by atoms with van der Waals surface area (Å²) < 4.78 is 1.75. The molecule has 2 aromatic carbocycles. The van der Waals surface area contributed by atoms with Crippen LogP contribution in [0.4, 0.5) is 0 Å². The molecule has 1 aliphatic carbocycles. The third-order valence-electron chi connectivity index (χ3n) is 4.65. The molecule has 1 aliphatic rings. The summed E-state index contributed by atoms with van der Waals surface area (Å²) in [7, 11) is 0. The van der Waals surface area contributed by atoms with Crippen molar-refractivity contribution in [2.24, 2.45) is 0 Å². The zero-order chi connectivity index (χ0) is 18.1. The second-order valence-electron chi connectivity index (χ2n) is 6.30. The lowest BCUT2D eigenvalue weighted by molar-refractivity contribution is -0.683. The first kappa shape index (κ1) is 18.9. The van der Waals surface area contributed by atoms with Gasteiger partial charge in [0.1, 0.15) is 5.92 Å². The quantitative estimate of drug-likeness (QED) is 0.339. The Balaban J connectivity index is 0.00000210. The minimum absolute atomic E-state index is 0. The van der Waals surface area contributed by atoms with Gasteiger partial charge in [-0.05, 0) is 5.56 Å². The predicted octanol–water partition coefficient (Wildman–Crippen LogP) is 0.0238. The van der Waals surface area contributed by atoms with Crippen LogP contribution in [-0.4, -0.2) is 17.3 Å². The van der Waals surface area contributed by atoms with Gasteiger partial charge in [-0.2, -0.15) is 4.57 Å². The molecule has 1 heterocycles. The van der Waals surface area contributed by atoms with Crippen molar-refractivity contribution in [2.75, 3.05) is 0 Å². The molecule has 1 aromatic heterocycles. The smallest absolute Gasteiger partial charge is 0.227 e. The Kier molecular flexibility index (Phi) is 5.42. The van der Waals surface area contributed by atoms with Crippen molar-refractivity contribution in [1.29, 1.82) is 0 Å². The summed E-state index contributed by atoms with van der Waals surface area (Å²) in [6, 6.07) is 19.5.